The number of nitrogens with zero attached hydrogens (tertiary/aromatic N) is 2. The molecule has 0 aliphatic rings. The van der Waals surface area contributed by atoms with Gasteiger partial charge in [-0.1, -0.05) is 0 Å². The number of aryl methyl sites for hydroxylation is 1. The number of hydrogen-bond acceptors (Lipinski definition) is 4. The van der Waals surface area contributed by atoms with E-state index in [1.165, 1.54) is 12.5 Å². The largest absolute Gasteiger partial charge is 0.449 e. The van der Waals surface area contributed by atoms with Crippen molar-refractivity contribution in [2.24, 2.45) is 0 Å². The number of nitrogens with one attached hydrogen (secondary N) is 1. The number of aromatic nitrogens is 2. The van der Waals surface area contributed by atoms with Crippen LogP contribution in [-0.4, -0.2) is 15.9 Å². The quantitative estimate of drug-likeness (QED) is 0.841. The third-order valence-electron chi connectivity index (χ3n) is 2.02. The molecule has 0 fully saturated rings. The molecule has 0 radical (unpaired) electrons. The molecule has 2 aromatic rings. The molecule has 2 heterocycles. The molecule has 0 bridgehead atoms. The van der Waals surface area contributed by atoms with Crippen molar-refractivity contribution >= 4 is 5.91 Å². The number of carbonyl (C=O) groups is 1. The van der Waals surface area contributed by atoms with Crippen molar-refractivity contribution in [3.63, 3.8) is 0 Å². The summed E-state index contributed by atoms with van der Waals surface area (Å²) in [6.45, 7) is 2.11. The predicted octanol–water partition coefficient (Wildman–Crippen LogP) is 1.31. The fourth-order valence-corrected chi connectivity index (χ4v) is 1.26. The molecule has 0 atom stereocenters. The van der Waals surface area contributed by atoms with E-state index >= 15 is 0 Å². The standard InChI is InChI=1S/C11H11N3O2/c1-8-14-10(7-16-8)6-13-11(15)9-3-2-4-12-5-9/h2-5,7H,6H2,1H3,(H,13,15). The monoisotopic (exact) mass is 217 g/mol. The average molecular weight is 217 g/mol. The molecule has 16 heavy (non-hydrogen) atoms. The molecule has 0 saturated heterocycles. The zero-order valence-electron chi connectivity index (χ0n) is 8.80. The van der Waals surface area contributed by atoms with Crippen LogP contribution in [0.15, 0.2) is 35.2 Å². The van der Waals surface area contributed by atoms with Gasteiger partial charge in [-0.15, -0.1) is 0 Å². The minimum Gasteiger partial charge on any atom is -0.449 e. The topological polar surface area (TPSA) is 68.0 Å². The summed E-state index contributed by atoms with van der Waals surface area (Å²) < 4.78 is 5.03. The lowest BCUT2D eigenvalue weighted by Crippen LogP contribution is -2.22. The summed E-state index contributed by atoms with van der Waals surface area (Å²) in [5.41, 5.74) is 1.23. The van der Waals surface area contributed by atoms with E-state index in [0.29, 0.717) is 23.7 Å². The summed E-state index contributed by atoms with van der Waals surface area (Å²) in [6, 6.07) is 3.42. The van der Waals surface area contributed by atoms with Gasteiger partial charge in [-0.3, -0.25) is 9.78 Å². The normalized spacial score (nSPS) is 10.1. The van der Waals surface area contributed by atoms with Gasteiger partial charge >= 0.3 is 0 Å². The molecular weight excluding hydrogens is 206 g/mol. The summed E-state index contributed by atoms with van der Waals surface area (Å²) in [5.74, 6) is 0.416. The highest BCUT2D eigenvalue weighted by Crippen LogP contribution is 2.01. The molecule has 82 valence electrons. The highest BCUT2D eigenvalue weighted by Gasteiger charge is 2.06. The number of pyridine rings is 1. The van der Waals surface area contributed by atoms with Crippen LogP contribution in [0.25, 0.3) is 0 Å². The van der Waals surface area contributed by atoms with Gasteiger partial charge < -0.3 is 9.73 Å². The van der Waals surface area contributed by atoms with E-state index in [0.717, 1.165) is 0 Å². The highest BCUT2D eigenvalue weighted by atomic mass is 16.3. The Morgan fingerprint density at radius 1 is 1.56 bits per heavy atom. The minimum atomic E-state index is -0.172. The van der Waals surface area contributed by atoms with Crippen molar-refractivity contribution in [2.45, 2.75) is 13.5 Å². The predicted molar refractivity (Wildman–Crippen MR) is 56.6 cm³/mol. The average Bonchev–Trinajstić information content (AvgIpc) is 2.73. The van der Waals surface area contributed by atoms with Gasteiger partial charge in [0.05, 0.1) is 17.8 Å². The van der Waals surface area contributed by atoms with Crippen molar-refractivity contribution in [1.29, 1.82) is 0 Å². The Morgan fingerprint density at radius 2 is 2.44 bits per heavy atom. The van der Waals surface area contributed by atoms with E-state index in [9.17, 15) is 4.79 Å². The maximum Gasteiger partial charge on any atom is 0.253 e. The fraction of sp³-hybridized carbons (Fsp3) is 0.182. The van der Waals surface area contributed by atoms with Crippen LogP contribution < -0.4 is 5.32 Å². The lowest BCUT2D eigenvalue weighted by molar-refractivity contribution is 0.0950. The maximum absolute atomic E-state index is 11.6. The summed E-state index contributed by atoms with van der Waals surface area (Å²) >= 11 is 0. The van der Waals surface area contributed by atoms with Crippen molar-refractivity contribution in [1.82, 2.24) is 15.3 Å². The number of oxazole rings is 1. The summed E-state index contributed by atoms with van der Waals surface area (Å²) in [7, 11) is 0. The zero-order valence-corrected chi connectivity index (χ0v) is 8.80. The summed E-state index contributed by atoms with van der Waals surface area (Å²) in [5, 5.41) is 2.73. The number of carbonyl (C=O) groups excluding carboxylic acids is 1. The molecule has 1 amide bonds. The van der Waals surface area contributed by atoms with Crippen LogP contribution in [0.3, 0.4) is 0 Å². The molecule has 1 N–H and O–H groups in total. The molecule has 0 spiro atoms. The van der Waals surface area contributed by atoms with E-state index < -0.39 is 0 Å². The molecule has 5 heteroatoms. The Morgan fingerprint density at radius 3 is 3.06 bits per heavy atom. The first-order valence-electron chi connectivity index (χ1n) is 4.85. The minimum absolute atomic E-state index is 0.172. The van der Waals surface area contributed by atoms with Crippen molar-refractivity contribution in [3.05, 3.63) is 47.9 Å². The van der Waals surface area contributed by atoms with Gasteiger partial charge in [-0.25, -0.2) is 4.98 Å². The number of hydrogen-bond donors (Lipinski definition) is 1. The van der Waals surface area contributed by atoms with Gasteiger partial charge in [0.1, 0.15) is 6.26 Å². The van der Waals surface area contributed by atoms with E-state index in [1.54, 1.807) is 25.3 Å². The molecule has 0 saturated carbocycles. The molecule has 0 aromatic carbocycles. The Labute approximate surface area is 92.5 Å². The Balaban J connectivity index is 1.94. The van der Waals surface area contributed by atoms with Crippen LogP contribution in [0, 0.1) is 6.92 Å². The van der Waals surface area contributed by atoms with Crippen molar-refractivity contribution in [3.8, 4) is 0 Å². The zero-order chi connectivity index (χ0) is 11.4. The first-order chi connectivity index (χ1) is 7.75. The lowest BCUT2D eigenvalue weighted by atomic mass is 10.2. The lowest BCUT2D eigenvalue weighted by Gasteiger charge is -2.01. The van der Waals surface area contributed by atoms with Crippen LogP contribution >= 0.6 is 0 Å². The van der Waals surface area contributed by atoms with Crippen LogP contribution in [0.2, 0.25) is 0 Å². The van der Waals surface area contributed by atoms with Gasteiger partial charge in [-0.2, -0.15) is 0 Å². The molecule has 2 aromatic heterocycles. The molecule has 5 nitrogen and oxygen atoms in total. The SMILES string of the molecule is Cc1nc(CNC(=O)c2cccnc2)co1. The summed E-state index contributed by atoms with van der Waals surface area (Å²) in [6.07, 6.45) is 4.67. The first kappa shape index (κ1) is 10.4. The fourth-order valence-electron chi connectivity index (χ4n) is 1.26. The molecule has 0 aliphatic carbocycles. The smallest absolute Gasteiger partial charge is 0.253 e. The summed E-state index contributed by atoms with van der Waals surface area (Å²) in [4.78, 5) is 19.6. The van der Waals surface area contributed by atoms with E-state index in [1.807, 2.05) is 0 Å². The van der Waals surface area contributed by atoms with Gasteiger partial charge in [0.2, 0.25) is 0 Å². The van der Waals surface area contributed by atoms with Gasteiger partial charge in [-0.05, 0) is 12.1 Å². The number of amides is 1. The number of rotatable bonds is 3. The molecule has 0 unspecified atom stereocenters. The van der Waals surface area contributed by atoms with Crippen LogP contribution in [0.4, 0.5) is 0 Å². The van der Waals surface area contributed by atoms with E-state index in [4.69, 9.17) is 4.42 Å². The van der Waals surface area contributed by atoms with Crippen molar-refractivity contribution in [2.75, 3.05) is 0 Å². The van der Waals surface area contributed by atoms with Gasteiger partial charge in [0.25, 0.3) is 5.91 Å². The van der Waals surface area contributed by atoms with Crippen LogP contribution in [0.5, 0.6) is 0 Å². The van der Waals surface area contributed by atoms with Crippen LogP contribution in [0.1, 0.15) is 21.9 Å². The van der Waals surface area contributed by atoms with E-state index in [-0.39, 0.29) is 5.91 Å². The molecule has 2 rings (SSSR count). The first-order valence-corrected chi connectivity index (χ1v) is 4.85. The van der Waals surface area contributed by atoms with Crippen LogP contribution in [-0.2, 0) is 6.54 Å². The third kappa shape index (κ3) is 2.44. The maximum atomic E-state index is 11.6. The van der Waals surface area contributed by atoms with Crippen molar-refractivity contribution < 1.29 is 9.21 Å². The van der Waals surface area contributed by atoms with Gasteiger partial charge in [0, 0.05) is 19.3 Å². The second kappa shape index (κ2) is 4.57. The molecule has 0 aliphatic heterocycles. The van der Waals surface area contributed by atoms with E-state index in [2.05, 4.69) is 15.3 Å². The Bertz CT molecular complexity index is 479. The highest BCUT2D eigenvalue weighted by molar-refractivity contribution is 5.93. The second-order valence-electron chi connectivity index (χ2n) is 3.28. The van der Waals surface area contributed by atoms with Gasteiger partial charge in [0.15, 0.2) is 5.89 Å². The Hall–Kier alpha value is -2.17. The third-order valence-corrected chi connectivity index (χ3v) is 2.02. The second-order valence-corrected chi connectivity index (χ2v) is 3.28. The molecular formula is C11H11N3O2. The Kier molecular flexibility index (Phi) is 2.95.